The fourth-order valence-electron chi connectivity index (χ4n) is 2.75. The molecule has 8 nitrogen and oxygen atoms in total. The van der Waals surface area contributed by atoms with E-state index < -0.39 is 0 Å². The van der Waals surface area contributed by atoms with Crippen LogP contribution >= 0.6 is 47.2 Å². The normalized spacial score (nSPS) is 9.47. The summed E-state index contributed by atoms with van der Waals surface area (Å²) >= 11 is 17.4. The minimum atomic E-state index is -0.286. The summed E-state index contributed by atoms with van der Waals surface area (Å²) in [5, 5.41) is 16.2. The van der Waals surface area contributed by atoms with Crippen molar-refractivity contribution in [1.82, 2.24) is 15.3 Å². The van der Waals surface area contributed by atoms with E-state index in [1.807, 2.05) is 26.0 Å². The van der Waals surface area contributed by atoms with Gasteiger partial charge >= 0.3 is 0 Å². The predicted octanol–water partition coefficient (Wildman–Crippen LogP) is 6.84. The molecule has 0 spiro atoms. The van der Waals surface area contributed by atoms with Gasteiger partial charge in [0.15, 0.2) is 10.9 Å². The van der Waals surface area contributed by atoms with Gasteiger partial charge in [0, 0.05) is 35.3 Å². The Morgan fingerprint density at radius 3 is 1.93 bits per heavy atom. The van der Waals surface area contributed by atoms with Crippen LogP contribution in [0.5, 0.6) is 0 Å². The molecular formula is C28H24Cl2N6O2S2. The number of anilines is 2. The molecule has 0 unspecified atom stereocenters. The molecule has 0 aliphatic rings. The summed E-state index contributed by atoms with van der Waals surface area (Å²) in [6.45, 7) is 3.80. The molecule has 0 radical (unpaired) electrons. The lowest BCUT2D eigenvalue weighted by molar-refractivity contribution is 0.0977. The number of nitrogens with one attached hydrogen (secondary N) is 2. The van der Waals surface area contributed by atoms with Crippen LogP contribution in [-0.4, -0.2) is 26.1 Å². The van der Waals surface area contributed by atoms with Gasteiger partial charge in [-0.15, -0.1) is 0 Å². The van der Waals surface area contributed by atoms with Gasteiger partial charge in [-0.3, -0.25) is 14.9 Å². The number of nitrogens with two attached hydrogens (primary N) is 1. The summed E-state index contributed by atoms with van der Waals surface area (Å²) in [6, 6.07) is 21.1. The SMILES string of the molecule is Cc1cnc(N)c(Cl)c1.Cc1cnc(NC(=S)NC(=O)c2ccccc2)c(Cl)c1.N#CSC(=O)c1ccccc1. The number of thioether (sulfide) groups is 1. The number of thiocarbonyl (C=S) groups is 1. The molecule has 204 valence electrons. The maximum atomic E-state index is 11.9. The second-order valence-electron chi connectivity index (χ2n) is 7.84. The lowest BCUT2D eigenvalue weighted by atomic mass is 10.2. The fraction of sp³-hybridized carbons (Fsp3) is 0.0714. The number of halogens is 2. The van der Waals surface area contributed by atoms with Crippen molar-refractivity contribution in [2.75, 3.05) is 11.1 Å². The lowest BCUT2D eigenvalue weighted by Crippen LogP contribution is -2.34. The number of carbonyl (C=O) groups excluding carboxylic acids is 2. The Balaban J connectivity index is 0.000000235. The number of pyridine rings is 2. The minimum Gasteiger partial charge on any atom is -0.382 e. The number of nitriles is 1. The van der Waals surface area contributed by atoms with Gasteiger partial charge in [0.05, 0.1) is 10.0 Å². The van der Waals surface area contributed by atoms with Crippen molar-refractivity contribution in [3.63, 3.8) is 0 Å². The average Bonchev–Trinajstić information content (AvgIpc) is 2.94. The third kappa shape index (κ3) is 11.4. The van der Waals surface area contributed by atoms with Crippen LogP contribution in [-0.2, 0) is 0 Å². The molecule has 0 fully saturated rings. The number of amides is 1. The van der Waals surface area contributed by atoms with Gasteiger partial charge in [-0.05, 0) is 61.5 Å². The summed E-state index contributed by atoms with van der Waals surface area (Å²) in [4.78, 5) is 30.8. The molecule has 12 heteroatoms. The van der Waals surface area contributed by atoms with Gasteiger partial charge < -0.3 is 11.1 Å². The smallest absolute Gasteiger partial charge is 0.257 e. The first-order valence-electron chi connectivity index (χ1n) is 11.4. The third-order valence-electron chi connectivity index (χ3n) is 4.63. The topological polar surface area (TPSA) is 134 Å². The summed E-state index contributed by atoms with van der Waals surface area (Å²) in [5.41, 5.74) is 8.41. The highest BCUT2D eigenvalue weighted by molar-refractivity contribution is 8.18. The van der Waals surface area contributed by atoms with Crippen molar-refractivity contribution in [2.24, 2.45) is 0 Å². The summed E-state index contributed by atoms with van der Waals surface area (Å²) < 4.78 is 0. The molecule has 4 N–H and O–H groups in total. The van der Waals surface area contributed by atoms with Crippen molar-refractivity contribution >= 4 is 75.0 Å². The fourth-order valence-corrected chi connectivity index (χ4v) is 3.76. The second kappa shape index (κ2) is 16.8. The highest BCUT2D eigenvalue weighted by Gasteiger charge is 2.09. The van der Waals surface area contributed by atoms with Gasteiger partial charge in [0.1, 0.15) is 11.2 Å². The molecule has 4 aromatic rings. The number of hydrogen-bond donors (Lipinski definition) is 3. The van der Waals surface area contributed by atoms with E-state index in [1.54, 1.807) is 78.5 Å². The Labute approximate surface area is 251 Å². The Hall–Kier alpha value is -4.01. The van der Waals surface area contributed by atoms with Crippen LogP contribution in [0.25, 0.3) is 0 Å². The monoisotopic (exact) mass is 610 g/mol. The van der Waals surface area contributed by atoms with Crippen LogP contribution in [0, 0.1) is 24.5 Å². The molecule has 2 aromatic carbocycles. The average molecular weight is 612 g/mol. The Morgan fingerprint density at radius 2 is 1.43 bits per heavy atom. The predicted molar refractivity (Wildman–Crippen MR) is 166 cm³/mol. The van der Waals surface area contributed by atoms with Crippen molar-refractivity contribution in [3.05, 3.63) is 117 Å². The van der Waals surface area contributed by atoms with Gasteiger partial charge in [0.2, 0.25) is 5.12 Å². The number of carbonyl (C=O) groups is 2. The molecular weight excluding hydrogens is 587 g/mol. The first-order valence-corrected chi connectivity index (χ1v) is 13.4. The van der Waals surface area contributed by atoms with Crippen LogP contribution < -0.4 is 16.4 Å². The zero-order chi connectivity index (χ0) is 29.5. The molecule has 2 heterocycles. The highest BCUT2D eigenvalue weighted by atomic mass is 35.5. The summed E-state index contributed by atoms with van der Waals surface area (Å²) in [6.07, 6.45) is 3.34. The largest absolute Gasteiger partial charge is 0.382 e. The van der Waals surface area contributed by atoms with Crippen LogP contribution in [0.3, 0.4) is 0 Å². The van der Waals surface area contributed by atoms with Crippen molar-refractivity contribution < 1.29 is 9.59 Å². The van der Waals surface area contributed by atoms with Gasteiger partial charge in [-0.25, -0.2) is 9.97 Å². The zero-order valence-corrected chi connectivity index (χ0v) is 24.5. The number of aryl methyl sites for hydroxylation is 2. The first kappa shape index (κ1) is 32.2. The number of nitrogens with zero attached hydrogens (tertiary/aromatic N) is 3. The quantitative estimate of drug-likeness (QED) is 0.168. The van der Waals surface area contributed by atoms with Gasteiger partial charge in [0.25, 0.3) is 5.91 Å². The lowest BCUT2D eigenvalue weighted by Gasteiger charge is -2.10. The van der Waals surface area contributed by atoms with E-state index in [1.165, 1.54) is 0 Å². The molecule has 0 bridgehead atoms. The van der Waals surface area contributed by atoms with Crippen molar-refractivity contribution in [1.29, 1.82) is 5.26 Å². The Morgan fingerprint density at radius 1 is 0.900 bits per heavy atom. The van der Waals surface area contributed by atoms with Crippen LogP contribution in [0.2, 0.25) is 10.0 Å². The number of benzene rings is 2. The van der Waals surface area contributed by atoms with E-state index in [0.717, 1.165) is 11.1 Å². The Kier molecular flexibility index (Phi) is 13.6. The number of hydrogen-bond acceptors (Lipinski definition) is 8. The van der Waals surface area contributed by atoms with E-state index in [2.05, 4.69) is 20.6 Å². The molecule has 1 amide bonds. The zero-order valence-electron chi connectivity index (χ0n) is 21.4. The van der Waals surface area contributed by atoms with Crippen molar-refractivity contribution in [2.45, 2.75) is 13.8 Å². The number of rotatable bonds is 3. The standard InChI is InChI=1S/C14H12ClN3OS.C8H5NOS.C6H7ClN2/c1-9-7-11(15)12(16-8-9)17-14(20)18-13(19)10-5-3-2-4-6-10;9-6-11-8(10)7-4-2-1-3-5-7;1-4-2-5(7)6(8)9-3-4/h2-8H,1H3,(H2,16,17,18,19,20);1-5H;2-3H,1H3,(H2,8,9). The number of nitrogen functional groups attached to an aromatic ring is 1. The molecule has 0 saturated heterocycles. The van der Waals surface area contributed by atoms with Crippen molar-refractivity contribution in [3.8, 4) is 5.40 Å². The number of thiocyanates is 1. The molecule has 0 atom stereocenters. The molecule has 40 heavy (non-hydrogen) atoms. The van der Waals surface area contributed by atoms with E-state index >= 15 is 0 Å². The molecule has 0 aliphatic carbocycles. The maximum Gasteiger partial charge on any atom is 0.257 e. The van der Waals surface area contributed by atoms with Crippen LogP contribution in [0.1, 0.15) is 31.8 Å². The third-order valence-corrected chi connectivity index (χ3v) is 5.93. The maximum absolute atomic E-state index is 11.9. The van der Waals surface area contributed by atoms with E-state index in [4.69, 9.17) is 46.4 Å². The Bertz CT molecular complexity index is 1500. The van der Waals surface area contributed by atoms with E-state index in [9.17, 15) is 9.59 Å². The number of aromatic nitrogens is 2. The van der Waals surface area contributed by atoms with Gasteiger partial charge in [-0.1, -0.05) is 71.7 Å². The molecule has 0 saturated carbocycles. The van der Waals surface area contributed by atoms with E-state index in [-0.39, 0.29) is 16.1 Å². The molecule has 4 rings (SSSR count). The van der Waals surface area contributed by atoms with Crippen LogP contribution in [0.15, 0.2) is 85.2 Å². The minimum absolute atomic E-state index is 0.150. The molecule has 2 aromatic heterocycles. The van der Waals surface area contributed by atoms with Gasteiger partial charge in [-0.2, -0.15) is 5.26 Å². The molecule has 0 aliphatic heterocycles. The van der Waals surface area contributed by atoms with Crippen LogP contribution in [0.4, 0.5) is 11.6 Å². The van der Waals surface area contributed by atoms with E-state index in [0.29, 0.717) is 44.6 Å². The second-order valence-corrected chi connectivity index (χ2v) is 9.82. The highest BCUT2D eigenvalue weighted by Crippen LogP contribution is 2.19. The summed E-state index contributed by atoms with van der Waals surface area (Å²) in [5.74, 6) is 0.518. The summed E-state index contributed by atoms with van der Waals surface area (Å²) in [7, 11) is 0. The first-order chi connectivity index (χ1) is 19.1.